The number of nitrogens with two attached hydrogens (primary N) is 1. The SMILES string of the molecule is CCC(CC(N)=NO)NC1CCS(=O)(=O)C1. The molecule has 0 aromatic carbocycles. The zero-order chi connectivity index (χ0) is 12.2. The van der Waals surface area contributed by atoms with E-state index < -0.39 is 9.84 Å². The Labute approximate surface area is 95.8 Å². The summed E-state index contributed by atoms with van der Waals surface area (Å²) >= 11 is 0. The summed E-state index contributed by atoms with van der Waals surface area (Å²) in [4.78, 5) is 0. The fourth-order valence-corrected chi connectivity index (χ4v) is 3.56. The molecule has 0 aromatic heterocycles. The maximum atomic E-state index is 11.3. The van der Waals surface area contributed by atoms with Crippen LogP contribution in [-0.4, -0.2) is 43.1 Å². The molecule has 1 rings (SSSR count). The number of nitrogens with one attached hydrogen (secondary N) is 1. The number of rotatable bonds is 5. The molecule has 1 aliphatic heterocycles. The fraction of sp³-hybridized carbons (Fsp3) is 0.889. The first-order valence-electron chi connectivity index (χ1n) is 5.39. The Morgan fingerprint density at radius 3 is 2.81 bits per heavy atom. The van der Waals surface area contributed by atoms with Crippen LogP contribution in [0.2, 0.25) is 0 Å². The van der Waals surface area contributed by atoms with Crippen molar-refractivity contribution < 1.29 is 13.6 Å². The molecule has 0 spiro atoms. The van der Waals surface area contributed by atoms with Crippen molar-refractivity contribution in [2.24, 2.45) is 10.9 Å². The van der Waals surface area contributed by atoms with Crippen LogP contribution in [0, 0.1) is 0 Å². The summed E-state index contributed by atoms with van der Waals surface area (Å²) in [6, 6.07) is 0.0654. The zero-order valence-electron chi connectivity index (χ0n) is 9.39. The van der Waals surface area contributed by atoms with Crippen LogP contribution in [0.25, 0.3) is 0 Å². The van der Waals surface area contributed by atoms with Gasteiger partial charge in [-0.1, -0.05) is 12.1 Å². The minimum atomic E-state index is -2.86. The predicted molar refractivity (Wildman–Crippen MR) is 62.3 cm³/mol. The van der Waals surface area contributed by atoms with Crippen LogP contribution in [0.1, 0.15) is 26.2 Å². The number of oxime groups is 1. The van der Waals surface area contributed by atoms with E-state index in [9.17, 15) is 8.42 Å². The molecule has 94 valence electrons. The van der Waals surface area contributed by atoms with Gasteiger partial charge in [0.15, 0.2) is 9.84 Å². The molecule has 1 heterocycles. The van der Waals surface area contributed by atoms with E-state index in [-0.39, 0.29) is 29.4 Å². The van der Waals surface area contributed by atoms with E-state index in [0.717, 1.165) is 6.42 Å². The van der Waals surface area contributed by atoms with Crippen molar-refractivity contribution in [1.29, 1.82) is 0 Å². The van der Waals surface area contributed by atoms with Gasteiger partial charge in [0.25, 0.3) is 0 Å². The van der Waals surface area contributed by atoms with Crippen molar-refractivity contribution in [1.82, 2.24) is 5.32 Å². The van der Waals surface area contributed by atoms with Crippen molar-refractivity contribution in [3.63, 3.8) is 0 Å². The lowest BCUT2D eigenvalue weighted by atomic mass is 10.1. The Morgan fingerprint density at radius 1 is 1.69 bits per heavy atom. The van der Waals surface area contributed by atoms with Crippen LogP contribution in [0.4, 0.5) is 0 Å². The minimum Gasteiger partial charge on any atom is -0.409 e. The number of amidine groups is 1. The lowest BCUT2D eigenvalue weighted by Gasteiger charge is -2.20. The molecule has 1 aliphatic rings. The lowest BCUT2D eigenvalue weighted by molar-refractivity contribution is 0.314. The van der Waals surface area contributed by atoms with Crippen molar-refractivity contribution >= 4 is 15.7 Å². The van der Waals surface area contributed by atoms with Gasteiger partial charge < -0.3 is 16.3 Å². The van der Waals surface area contributed by atoms with Gasteiger partial charge in [-0.05, 0) is 12.8 Å². The van der Waals surface area contributed by atoms with E-state index in [1.165, 1.54) is 0 Å². The summed E-state index contributed by atoms with van der Waals surface area (Å²) < 4.78 is 22.5. The molecule has 0 aliphatic carbocycles. The second-order valence-corrected chi connectivity index (χ2v) is 6.40. The predicted octanol–water partition coefficient (Wildman–Crippen LogP) is -0.322. The Balaban J connectivity index is 2.46. The Kier molecular flexibility index (Phi) is 4.55. The van der Waals surface area contributed by atoms with E-state index in [0.29, 0.717) is 12.8 Å². The number of hydrogen-bond acceptors (Lipinski definition) is 5. The molecule has 2 unspecified atom stereocenters. The molecule has 0 saturated carbocycles. The second-order valence-electron chi connectivity index (χ2n) is 4.17. The highest BCUT2D eigenvalue weighted by atomic mass is 32.2. The highest BCUT2D eigenvalue weighted by Crippen LogP contribution is 2.13. The Hall–Kier alpha value is -0.820. The normalized spacial score (nSPS) is 26.8. The maximum Gasteiger partial charge on any atom is 0.151 e. The summed E-state index contributed by atoms with van der Waals surface area (Å²) in [6.45, 7) is 1.98. The zero-order valence-corrected chi connectivity index (χ0v) is 10.2. The molecule has 6 nitrogen and oxygen atoms in total. The first kappa shape index (κ1) is 13.2. The van der Waals surface area contributed by atoms with E-state index >= 15 is 0 Å². The van der Waals surface area contributed by atoms with E-state index in [4.69, 9.17) is 10.9 Å². The molecule has 7 heteroatoms. The lowest BCUT2D eigenvalue weighted by Crippen LogP contribution is -2.41. The average Bonchev–Trinajstić information content (AvgIpc) is 2.56. The molecule has 2 atom stereocenters. The third kappa shape index (κ3) is 3.97. The van der Waals surface area contributed by atoms with Crippen LogP contribution in [0.15, 0.2) is 5.16 Å². The van der Waals surface area contributed by atoms with Gasteiger partial charge in [-0.15, -0.1) is 0 Å². The first-order chi connectivity index (χ1) is 7.46. The third-order valence-electron chi connectivity index (χ3n) is 2.78. The average molecular weight is 249 g/mol. The minimum absolute atomic E-state index is 0.00134. The smallest absolute Gasteiger partial charge is 0.151 e. The molecule has 0 aromatic rings. The van der Waals surface area contributed by atoms with Crippen LogP contribution >= 0.6 is 0 Å². The van der Waals surface area contributed by atoms with Gasteiger partial charge in [-0.3, -0.25) is 0 Å². The van der Waals surface area contributed by atoms with Gasteiger partial charge in [0.05, 0.1) is 11.5 Å². The molecule has 0 bridgehead atoms. The van der Waals surface area contributed by atoms with E-state index in [1.54, 1.807) is 0 Å². The molecule has 4 N–H and O–H groups in total. The number of sulfone groups is 1. The van der Waals surface area contributed by atoms with Crippen LogP contribution < -0.4 is 11.1 Å². The summed E-state index contributed by atoms with van der Waals surface area (Å²) in [5, 5.41) is 14.6. The summed E-state index contributed by atoms with van der Waals surface area (Å²) in [7, 11) is -2.86. The van der Waals surface area contributed by atoms with Crippen LogP contribution in [0.3, 0.4) is 0 Å². The second kappa shape index (κ2) is 5.49. The first-order valence-corrected chi connectivity index (χ1v) is 7.22. The van der Waals surface area contributed by atoms with Crippen LogP contribution in [-0.2, 0) is 9.84 Å². The topological polar surface area (TPSA) is 105 Å². The van der Waals surface area contributed by atoms with Crippen molar-refractivity contribution in [3.05, 3.63) is 0 Å². The van der Waals surface area contributed by atoms with Gasteiger partial charge in [0, 0.05) is 18.5 Å². The van der Waals surface area contributed by atoms with Gasteiger partial charge in [0.2, 0.25) is 0 Å². The van der Waals surface area contributed by atoms with Crippen molar-refractivity contribution in [2.75, 3.05) is 11.5 Å². The van der Waals surface area contributed by atoms with Gasteiger partial charge in [0.1, 0.15) is 5.84 Å². The van der Waals surface area contributed by atoms with Gasteiger partial charge in [-0.2, -0.15) is 0 Å². The Bertz CT molecular complexity index is 353. The van der Waals surface area contributed by atoms with Gasteiger partial charge >= 0.3 is 0 Å². The fourth-order valence-electron chi connectivity index (χ4n) is 1.87. The largest absolute Gasteiger partial charge is 0.409 e. The van der Waals surface area contributed by atoms with Crippen LogP contribution in [0.5, 0.6) is 0 Å². The molecule has 0 amide bonds. The molecular formula is C9H19N3O3S. The Morgan fingerprint density at radius 2 is 2.38 bits per heavy atom. The number of nitrogens with zero attached hydrogens (tertiary/aromatic N) is 1. The maximum absolute atomic E-state index is 11.3. The molecule has 0 radical (unpaired) electrons. The van der Waals surface area contributed by atoms with Crippen molar-refractivity contribution in [2.45, 2.75) is 38.3 Å². The molecule has 1 fully saturated rings. The third-order valence-corrected chi connectivity index (χ3v) is 4.55. The van der Waals surface area contributed by atoms with Crippen molar-refractivity contribution in [3.8, 4) is 0 Å². The molecule has 16 heavy (non-hydrogen) atoms. The summed E-state index contributed by atoms with van der Waals surface area (Å²) in [5.41, 5.74) is 5.42. The monoisotopic (exact) mass is 249 g/mol. The molecular weight excluding hydrogens is 230 g/mol. The van der Waals surface area contributed by atoms with Gasteiger partial charge in [-0.25, -0.2) is 8.42 Å². The van der Waals surface area contributed by atoms with E-state index in [1.807, 2.05) is 6.92 Å². The highest BCUT2D eigenvalue weighted by Gasteiger charge is 2.29. The highest BCUT2D eigenvalue weighted by molar-refractivity contribution is 7.91. The number of hydrogen-bond donors (Lipinski definition) is 3. The summed E-state index contributed by atoms with van der Waals surface area (Å²) in [6.07, 6.45) is 1.89. The van der Waals surface area contributed by atoms with E-state index in [2.05, 4.69) is 10.5 Å². The summed E-state index contributed by atoms with van der Waals surface area (Å²) in [5.74, 6) is 0.616. The standard InChI is InChI=1S/C9H19N3O3S/c1-2-7(5-9(10)12-13)11-8-3-4-16(14,15)6-8/h7-8,11,13H,2-6H2,1H3,(H2,10,12). The quantitative estimate of drug-likeness (QED) is 0.268. The molecule has 1 saturated heterocycles.